The lowest BCUT2D eigenvalue weighted by Crippen LogP contribution is -2.41. The van der Waals surface area contributed by atoms with Crippen LogP contribution in [0.2, 0.25) is 18.1 Å². The van der Waals surface area contributed by atoms with Crippen LogP contribution in [0.3, 0.4) is 0 Å². The Morgan fingerprint density at radius 1 is 1.08 bits per heavy atom. The molecule has 0 N–H and O–H groups in total. The molecular weight excluding hydrogens is 329 g/mol. The number of rotatable bonds is 4. The van der Waals surface area contributed by atoms with Crippen molar-refractivity contribution in [1.29, 1.82) is 0 Å². The van der Waals surface area contributed by atoms with Crippen molar-refractivity contribution in [2.24, 2.45) is 0 Å². The maximum absolute atomic E-state index is 6.51. The van der Waals surface area contributed by atoms with Crippen LogP contribution in [0.1, 0.15) is 67.1 Å². The van der Waals surface area contributed by atoms with Crippen LogP contribution >= 0.6 is 0 Å². The molecule has 6 heteroatoms. The molecular formula is C19H34BNO3Si. The molecule has 1 aromatic rings. The van der Waals surface area contributed by atoms with E-state index in [0.717, 1.165) is 11.0 Å². The second-order valence-electron chi connectivity index (χ2n) is 9.66. The first kappa shape index (κ1) is 20.6. The van der Waals surface area contributed by atoms with Crippen LogP contribution in [-0.2, 0) is 13.7 Å². The van der Waals surface area contributed by atoms with E-state index in [2.05, 4.69) is 79.5 Å². The fourth-order valence-electron chi connectivity index (χ4n) is 2.49. The lowest BCUT2D eigenvalue weighted by molar-refractivity contribution is 0.00578. The summed E-state index contributed by atoms with van der Waals surface area (Å²) in [5.74, 6) is 0. The van der Waals surface area contributed by atoms with Gasteiger partial charge in [-0.1, -0.05) is 26.8 Å². The van der Waals surface area contributed by atoms with E-state index in [1.54, 1.807) is 0 Å². The minimum Gasteiger partial charge on any atom is -0.410 e. The van der Waals surface area contributed by atoms with E-state index in [4.69, 9.17) is 13.7 Å². The zero-order chi connectivity index (χ0) is 19.3. The van der Waals surface area contributed by atoms with Crippen LogP contribution in [0.5, 0.6) is 0 Å². The molecule has 2 heterocycles. The molecule has 0 saturated carbocycles. The summed E-state index contributed by atoms with van der Waals surface area (Å²) in [6.45, 7) is 21.7. The minimum absolute atomic E-state index is 0.00392. The average molecular weight is 363 g/mol. The maximum atomic E-state index is 6.51. The van der Waals surface area contributed by atoms with Crippen LogP contribution in [0.25, 0.3) is 0 Å². The molecule has 1 aliphatic rings. The van der Waals surface area contributed by atoms with E-state index >= 15 is 0 Å². The third-order valence-corrected chi connectivity index (χ3v) is 10.6. The quantitative estimate of drug-likeness (QED) is 0.741. The van der Waals surface area contributed by atoms with Crippen LogP contribution in [0, 0.1) is 0 Å². The van der Waals surface area contributed by atoms with E-state index in [0.29, 0.717) is 0 Å². The van der Waals surface area contributed by atoms with Gasteiger partial charge in [0.05, 0.1) is 17.3 Å². The van der Waals surface area contributed by atoms with Crippen LogP contribution in [-0.4, -0.2) is 31.6 Å². The summed E-state index contributed by atoms with van der Waals surface area (Å²) in [6.07, 6.45) is 3.70. The fourth-order valence-corrected chi connectivity index (χ4v) is 3.87. The smallest absolute Gasteiger partial charge is 0.410 e. The molecule has 1 aromatic heterocycles. The first-order valence-corrected chi connectivity index (χ1v) is 12.1. The summed E-state index contributed by atoms with van der Waals surface area (Å²) >= 11 is 0. The Hall–Kier alpha value is -0.688. The van der Waals surface area contributed by atoms with Crippen molar-refractivity contribution in [3.8, 4) is 0 Å². The molecule has 0 bridgehead atoms. The van der Waals surface area contributed by atoms with Gasteiger partial charge in [-0.15, -0.1) is 0 Å². The van der Waals surface area contributed by atoms with Gasteiger partial charge in [0.25, 0.3) is 0 Å². The monoisotopic (exact) mass is 363 g/mol. The van der Waals surface area contributed by atoms with E-state index in [9.17, 15) is 0 Å². The Bertz CT molecular complexity index is 609. The maximum Gasteiger partial charge on any atom is 0.496 e. The van der Waals surface area contributed by atoms with Gasteiger partial charge in [0.2, 0.25) is 0 Å². The van der Waals surface area contributed by atoms with Crippen LogP contribution < -0.4 is 5.46 Å². The summed E-state index contributed by atoms with van der Waals surface area (Å²) < 4.78 is 18.8. The lowest BCUT2D eigenvalue weighted by Gasteiger charge is -2.38. The standard InChI is InChI=1S/C19H34BNO3Si/c1-14(22-25(9,10)17(2,3)4)15-11-16(13-21-12-15)20-23-18(5,6)19(7,8)24-20/h11-14H,1-10H3. The van der Waals surface area contributed by atoms with Crippen molar-refractivity contribution in [2.75, 3.05) is 0 Å². The molecule has 1 fully saturated rings. The Labute approximate surface area is 154 Å². The Balaban J connectivity index is 2.20. The highest BCUT2D eigenvalue weighted by atomic mass is 28.4. The molecule has 0 aromatic carbocycles. The summed E-state index contributed by atoms with van der Waals surface area (Å²) in [5.41, 5.74) is 1.31. The molecule has 140 valence electrons. The highest BCUT2D eigenvalue weighted by Gasteiger charge is 2.52. The number of hydrogen-bond acceptors (Lipinski definition) is 4. The molecule has 0 spiro atoms. The zero-order valence-electron chi connectivity index (χ0n) is 17.6. The summed E-state index contributed by atoms with van der Waals surface area (Å²) in [7, 11) is -2.23. The molecule has 2 rings (SSSR count). The van der Waals surface area contributed by atoms with Crippen LogP contribution in [0.15, 0.2) is 18.5 Å². The first-order chi connectivity index (χ1) is 11.2. The van der Waals surface area contributed by atoms with E-state index in [-0.39, 0.29) is 22.3 Å². The largest absolute Gasteiger partial charge is 0.496 e. The predicted molar refractivity (Wildman–Crippen MR) is 107 cm³/mol. The van der Waals surface area contributed by atoms with Gasteiger partial charge >= 0.3 is 7.12 Å². The third kappa shape index (κ3) is 4.18. The van der Waals surface area contributed by atoms with E-state index in [1.807, 2.05) is 12.4 Å². The minimum atomic E-state index is -1.84. The lowest BCUT2D eigenvalue weighted by atomic mass is 9.79. The van der Waals surface area contributed by atoms with Gasteiger partial charge < -0.3 is 13.7 Å². The predicted octanol–water partition coefficient (Wildman–Crippen LogP) is 4.46. The van der Waals surface area contributed by atoms with E-state index in [1.165, 1.54) is 0 Å². The third-order valence-electron chi connectivity index (χ3n) is 6.05. The number of pyridine rings is 1. The van der Waals surface area contributed by atoms with Gasteiger partial charge in [0.15, 0.2) is 8.32 Å². The Morgan fingerprint density at radius 3 is 2.08 bits per heavy atom. The van der Waals surface area contributed by atoms with Crippen molar-refractivity contribution in [3.05, 3.63) is 24.0 Å². The molecule has 1 aliphatic heterocycles. The molecule has 4 nitrogen and oxygen atoms in total. The summed E-state index contributed by atoms with van der Waals surface area (Å²) in [4.78, 5) is 4.41. The van der Waals surface area contributed by atoms with E-state index < -0.39 is 15.4 Å². The second kappa shape index (κ2) is 6.48. The molecule has 1 atom stereocenters. The second-order valence-corrected chi connectivity index (χ2v) is 14.4. The molecule has 0 amide bonds. The highest BCUT2D eigenvalue weighted by Crippen LogP contribution is 2.40. The number of aromatic nitrogens is 1. The molecule has 0 aliphatic carbocycles. The average Bonchev–Trinajstić information content (AvgIpc) is 2.66. The normalized spacial score (nSPS) is 21.4. The zero-order valence-corrected chi connectivity index (χ0v) is 18.6. The number of nitrogens with zero attached hydrogens (tertiary/aromatic N) is 1. The summed E-state index contributed by atoms with van der Waals surface area (Å²) in [6, 6.07) is 2.10. The van der Waals surface area contributed by atoms with Gasteiger partial charge in [-0.05, 0) is 58.3 Å². The molecule has 0 radical (unpaired) electrons. The molecule has 1 unspecified atom stereocenters. The topological polar surface area (TPSA) is 40.6 Å². The fraction of sp³-hybridized carbons (Fsp3) is 0.737. The first-order valence-electron chi connectivity index (χ1n) is 9.15. The highest BCUT2D eigenvalue weighted by molar-refractivity contribution is 6.74. The van der Waals surface area contributed by atoms with Crippen molar-refractivity contribution in [1.82, 2.24) is 4.98 Å². The molecule has 25 heavy (non-hydrogen) atoms. The van der Waals surface area contributed by atoms with Gasteiger partial charge in [-0.3, -0.25) is 4.98 Å². The van der Waals surface area contributed by atoms with Crippen molar-refractivity contribution >= 4 is 20.9 Å². The van der Waals surface area contributed by atoms with Crippen molar-refractivity contribution in [2.45, 2.75) is 90.8 Å². The SMILES string of the molecule is CC(O[Si](C)(C)C(C)(C)C)c1cncc(B2OC(C)(C)C(C)(C)O2)c1. The van der Waals surface area contributed by atoms with Crippen molar-refractivity contribution < 1.29 is 13.7 Å². The van der Waals surface area contributed by atoms with Gasteiger partial charge in [-0.2, -0.15) is 0 Å². The summed E-state index contributed by atoms with van der Waals surface area (Å²) in [5, 5.41) is 0.179. The van der Waals surface area contributed by atoms with Gasteiger partial charge in [-0.25, -0.2) is 0 Å². The van der Waals surface area contributed by atoms with Gasteiger partial charge in [0, 0.05) is 17.9 Å². The van der Waals surface area contributed by atoms with Crippen molar-refractivity contribution in [3.63, 3.8) is 0 Å². The molecule has 1 saturated heterocycles. The Kier molecular flexibility index (Phi) is 5.35. The number of hydrogen-bond donors (Lipinski definition) is 0. The van der Waals surface area contributed by atoms with Gasteiger partial charge in [0.1, 0.15) is 0 Å². The van der Waals surface area contributed by atoms with Crippen LogP contribution in [0.4, 0.5) is 0 Å². The Morgan fingerprint density at radius 2 is 1.60 bits per heavy atom.